The van der Waals surface area contributed by atoms with Gasteiger partial charge in [0.2, 0.25) is 0 Å². The highest BCUT2D eigenvalue weighted by atomic mass is 16.5. The normalized spacial score (nSPS) is 14.9. The van der Waals surface area contributed by atoms with Crippen molar-refractivity contribution in [3.05, 3.63) is 12.2 Å². The van der Waals surface area contributed by atoms with Crippen molar-refractivity contribution >= 4 is 0 Å². The minimum atomic E-state index is 0.371. The lowest BCUT2D eigenvalue weighted by Gasteiger charge is -2.19. The van der Waals surface area contributed by atoms with E-state index < -0.39 is 0 Å². The molecule has 0 saturated carbocycles. The second-order valence-corrected chi connectivity index (χ2v) is 4.37. The largest absolute Gasteiger partial charge is 0.382 e. The maximum atomic E-state index is 5.26. The average Bonchev–Trinajstić information content (AvgIpc) is 2.21. The summed E-state index contributed by atoms with van der Waals surface area (Å²) in [6, 6.07) is 0.615. The lowest BCUT2D eigenvalue weighted by atomic mass is 10.0. The molecule has 0 spiro atoms. The van der Waals surface area contributed by atoms with Crippen LogP contribution in [0.2, 0.25) is 0 Å². The molecule has 0 aliphatic rings. The summed E-state index contributed by atoms with van der Waals surface area (Å²) in [5.74, 6) is 0. The van der Waals surface area contributed by atoms with Gasteiger partial charge in [-0.15, -0.1) is 6.58 Å². The SMILES string of the molecule is C=C(C)CCC(CCC(C)OC)NCC. The van der Waals surface area contributed by atoms with E-state index >= 15 is 0 Å². The molecule has 0 aromatic rings. The highest BCUT2D eigenvalue weighted by Gasteiger charge is 2.09. The molecular weight excluding hydrogens is 186 g/mol. The molecule has 0 fully saturated rings. The Balaban J connectivity index is 3.76. The van der Waals surface area contributed by atoms with Crippen LogP contribution in [0, 0.1) is 0 Å². The molecule has 15 heavy (non-hydrogen) atoms. The lowest BCUT2D eigenvalue weighted by Crippen LogP contribution is -2.29. The highest BCUT2D eigenvalue weighted by Crippen LogP contribution is 2.11. The second kappa shape index (κ2) is 8.93. The summed E-state index contributed by atoms with van der Waals surface area (Å²) in [5, 5.41) is 3.52. The quantitative estimate of drug-likeness (QED) is 0.594. The van der Waals surface area contributed by atoms with Crippen molar-refractivity contribution in [3.63, 3.8) is 0 Å². The zero-order valence-electron chi connectivity index (χ0n) is 10.8. The standard InChI is InChI=1S/C13H27NO/c1-6-14-13(9-7-11(2)3)10-8-12(4)15-5/h12-14H,2,6-10H2,1,3-5H3. The number of ether oxygens (including phenoxy) is 1. The van der Waals surface area contributed by atoms with E-state index in [4.69, 9.17) is 4.74 Å². The predicted molar refractivity (Wildman–Crippen MR) is 67.2 cm³/mol. The molecule has 0 amide bonds. The van der Waals surface area contributed by atoms with Gasteiger partial charge in [-0.1, -0.05) is 12.5 Å². The molecule has 0 heterocycles. The van der Waals surface area contributed by atoms with Crippen molar-refractivity contribution < 1.29 is 4.74 Å². The third-order valence-electron chi connectivity index (χ3n) is 2.74. The molecule has 2 nitrogen and oxygen atoms in total. The van der Waals surface area contributed by atoms with E-state index in [0.717, 1.165) is 19.4 Å². The molecule has 0 saturated heterocycles. The summed E-state index contributed by atoms with van der Waals surface area (Å²) in [7, 11) is 1.78. The Bertz CT molecular complexity index is 168. The third-order valence-corrected chi connectivity index (χ3v) is 2.74. The number of rotatable bonds is 9. The Morgan fingerprint density at radius 1 is 1.33 bits per heavy atom. The number of hydrogen-bond donors (Lipinski definition) is 1. The first-order chi connectivity index (χ1) is 7.10. The van der Waals surface area contributed by atoms with E-state index in [1.54, 1.807) is 7.11 Å². The summed E-state index contributed by atoms with van der Waals surface area (Å²) >= 11 is 0. The van der Waals surface area contributed by atoms with Crippen LogP contribution >= 0.6 is 0 Å². The highest BCUT2D eigenvalue weighted by molar-refractivity contribution is 4.89. The van der Waals surface area contributed by atoms with Gasteiger partial charge in [0.1, 0.15) is 0 Å². The Morgan fingerprint density at radius 2 is 2.00 bits per heavy atom. The molecule has 2 heteroatoms. The van der Waals surface area contributed by atoms with Gasteiger partial charge in [0, 0.05) is 13.2 Å². The number of hydrogen-bond acceptors (Lipinski definition) is 2. The molecule has 0 aromatic carbocycles. The van der Waals surface area contributed by atoms with Crippen LogP contribution in [0.25, 0.3) is 0 Å². The first kappa shape index (κ1) is 14.7. The van der Waals surface area contributed by atoms with E-state index in [-0.39, 0.29) is 0 Å². The number of nitrogens with one attached hydrogen (secondary N) is 1. The van der Waals surface area contributed by atoms with Gasteiger partial charge in [-0.2, -0.15) is 0 Å². The summed E-state index contributed by atoms with van der Waals surface area (Å²) in [4.78, 5) is 0. The maximum absolute atomic E-state index is 5.26. The van der Waals surface area contributed by atoms with Crippen molar-refractivity contribution in [1.82, 2.24) is 5.32 Å². The molecule has 0 bridgehead atoms. The van der Waals surface area contributed by atoms with Gasteiger partial charge in [0.05, 0.1) is 6.10 Å². The fourth-order valence-corrected chi connectivity index (χ4v) is 1.61. The van der Waals surface area contributed by atoms with Gasteiger partial charge in [0.15, 0.2) is 0 Å². The van der Waals surface area contributed by atoms with Gasteiger partial charge in [-0.3, -0.25) is 0 Å². The summed E-state index contributed by atoms with van der Waals surface area (Å²) in [6.07, 6.45) is 5.01. The Kier molecular flexibility index (Phi) is 8.73. The average molecular weight is 213 g/mol. The van der Waals surface area contributed by atoms with Crippen LogP contribution in [0.15, 0.2) is 12.2 Å². The van der Waals surface area contributed by atoms with Gasteiger partial charge < -0.3 is 10.1 Å². The van der Waals surface area contributed by atoms with Gasteiger partial charge in [-0.05, 0) is 46.1 Å². The first-order valence-electron chi connectivity index (χ1n) is 6.00. The molecule has 2 unspecified atom stereocenters. The molecule has 0 rings (SSSR count). The fraction of sp³-hybridized carbons (Fsp3) is 0.846. The van der Waals surface area contributed by atoms with Crippen LogP contribution in [-0.4, -0.2) is 25.8 Å². The minimum Gasteiger partial charge on any atom is -0.382 e. The molecule has 0 aliphatic carbocycles. The summed E-state index contributed by atoms with van der Waals surface area (Å²) < 4.78 is 5.26. The van der Waals surface area contributed by atoms with Crippen LogP contribution in [0.3, 0.4) is 0 Å². The van der Waals surface area contributed by atoms with Crippen LogP contribution < -0.4 is 5.32 Å². The monoisotopic (exact) mass is 213 g/mol. The number of methoxy groups -OCH3 is 1. The van der Waals surface area contributed by atoms with Crippen LogP contribution in [0.1, 0.15) is 46.5 Å². The Morgan fingerprint density at radius 3 is 2.47 bits per heavy atom. The number of allylic oxidation sites excluding steroid dienone is 1. The molecule has 1 N–H and O–H groups in total. The fourth-order valence-electron chi connectivity index (χ4n) is 1.61. The van der Waals surface area contributed by atoms with Crippen LogP contribution in [0.5, 0.6) is 0 Å². The zero-order valence-corrected chi connectivity index (χ0v) is 10.8. The van der Waals surface area contributed by atoms with Gasteiger partial charge >= 0.3 is 0 Å². The smallest absolute Gasteiger partial charge is 0.0543 e. The molecular formula is C13H27NO. The minimum absolute atomic E-state index is 0.371. The van der Waals surface area contributed by atoms with Crippen molar-refractivity contribution in [2.45, 2.75) is 58.6 Å². The molecule has 0 aliphatic heterocycles. The first-order valence-corrected chi connectivity index (χ1v) is 6.00. The maximum Gasteiger partial charge on any atom is 0.0543 e. The molecule has 0 aromatic heterocycles. The Hall–Kier alpha value is -0.340. The Labute approximate surface area is 95.1 Å². The van der Waals surface area contributed by atoms with Crippen molar-refractivity contribution in [2.24, 2.45) is 0 Å². The van der Waals surface area contributed by atoms with Crippen molar-refractivity contribution in [3.8, 4) is 0 Å². The van der Waals surface area contributed by atoms with Crippen molar-refractivity contribution in [1.29, 1.82) is 0 Å². The van der Waals surface area contributed by atoms with E-state index in [1.165, 1.54) is 18.4 Å². The van der Waals surface area contributed by atoms with Gasteiger partial charge in [0.25, 0.3) is 0 Å². The molecule has 0 radical (unpaired) electrons. The molecule has 90 valence electrons. The predicted octanol–water partition coefficient (Wildman–Crippen LogP) is 3.14. The molecule has 2 atom stereocenters. The zero-order chi connectivity index (χ0) is 11.7. The second-order valence-electron chi connectivity index (χ2n) is 4.37. The third kappa shape index (κ3) is 8.64. The van der Waals surface area contributed by atoms with E-state index in [0.29, 0.717) is 12.1 Å². The van der Waals surface area contributed by atoms with Crippen LogP contribution in [-0.2, 0) is 4.74 Å². The van der Waals surface area contributed by atoms with Crippen LogP contribution in [0.4, 0.5) is 0 Å². The summed E-state index contributed by atoms with van der Waals surface area (Å²) in [6.45, 7) is 11.4. The lowest BCUT2D eigenvalue weighted by molar-refractivity contribution is 0.106. The van der Waals surface area contributed by atoms with E-state index in [9.17, 15) is 0 Å². The van der Waals surface area contributed by atoms with E-state index in [1.807, 2.05) is 0 Å². The summed E-state index contributed by atoms with van der Waals surface area (Å²) in [5.41, 5.74) is 1.28. The van der Waals surface area contributed by atoms with E-state index in [2.05, 4.69) is 32.7 Å². The topological polar surface area (TPSA) is 21.3 Å². The van der Waals surface area contributed by atoms with Crippen molar-refractivity contribution in [2.75, 3.05) is 13.7 Å². The van der Waals surface area contributed by atoms with Gasteiger partial charge in [-0.25, -0.2) is 0 Å².